The predicted molar refractivity (Wildman–Crippen MR) is 103 cm³/mol. The molecule has 7 nitrogen and oxygen atoms in total. The second-order valence-electron chi connectivity index (χ2n) is 8.50. The lowest BCUT2D eigenvalue weighted by Gasteiger charge is -2.24. The number of amides is 1. The van der Waals surface area contributed by atoms with Crippen LogP contribution in [0.15, 0.2) is 33.7 Å². The Morgan fingerprint density at radius 1 is 1.26 bits per heavy atom. The second-order valence-corrected chi connectivity index (χ2v) is 10.5. The van der Waals surface area contributed by atoms with Crippen LogP contribution in [-0.2, 0) is 21.4 Å². The van der Waals surface area contributed by atoms with Crippen LogP contribution < -0.4 is 4.74 Å². The number of carbonyl (C=O) groups excluding carboxylic acids is 1. The monoisotopic (exact) mass is 512 g/mol. The molecule has 186 valence electrons. The lowest BCUT2D eigenvalue weighted by molar-refractivity contribution is -0.189. The normalized spacial score (nSPS) is 23.5. The Balaban J connectivity index is 1.63. The van der Waals surface area contributed by atoms with E-state index in [0.29, 0.717) is 12.6 Å². The van der Waals surface area contributed by atoms with E-state index < -0.39 is 56.7 Å². The average Bonchev–Trinajstić information content (AvgIpc) is 3.07. The molecule has 2 heterocycles. The summed E-state index contributed by atoms with van der Waals surface area (Å²) in [6.07, 6.45) is -9.90. The number of sulfone groups is 1. The number of nitrogens with zero attached hydrogens (tertiary/aromatic N) is 2. The van der Waals surface area contributed by atoms with Crippen molar-refractivity contribution in [2.45, 2.75) is 42.1 Å². The van der Waals surface area contributed by atoms with Crippen LogP contribution in [-0.4, -0.2) is 55.8 Å². The molecule has 4 rings (SSSR count). The van der Waals surface area contributed by atoms with E-state index in [0.717, 1.165) is 31.4 Å². The SMILES string of the molecule is C[C@@H](Oc1ccc(S(C)(=O)=O)cc1C(=O)N1CC2C[C@]2(c2ncc(C(F)(F)F)o2)C1)C(F)(F)F. The van der Waals surface area contributed by atoms with Crippen molar-refractivity contribution < 1.29 is 48.7 Å². The number of oxazole rings is 1. The van der Waals surface area contributed by atoms with Crippen LogP contribution >= 0.6 is 0 Å². The van der Waals surface area contributed by atoms with Crippen LogP contribution in [0.3, 0.4) is 0 Å². The zero-order valence-corrected chi connectivity index (χ0v) is 18.5. The van der Waals surface area contributed by atoms with E-state index in [2.05, 4.69) is 4.98 Å². The van der Waals surface area contributed by atoms with Crippen LogP contribution in [0.25, 0.3) is 0 Å². The Morgan fingerprint density at radius 2 is 1.94 bits per heavy atom. The summed E-state index contributed by atoms with van der Waals surface area (Å²) in [6, 6.07) is 2.93. The van der Waals surface area contributed by atoms with Gasteiger partial charge in [0.15, 0.2) is 15.9 Å². The highest BCUT2D eigenvalue weighted by molar-refractivity contribution is 7.90. The summed E-state index contributed by atoms with van der Waals surface area (Å²) in [5.74, 6) is -2.98. The lowest BCUT2D eigenvalue weighted by atomic mass is 10.1. The lowest BCUT2D eigenvalue weighted by Crippen LogP contribution is -2.35. The number of likely N-dealkylation sites (tertiary alicyclic amines) is 1. The van der Waals surface area contributed by atoms with E-state index in [4.69, 9.17) is 9.15 Å². The van der Waals surface area contributed by atoms with Crippen LogP contribution in [0.2, 0.25) is 0 Å². The highest BCUT2D eigenvalue weighted by Crippen LogP contribution is 2.59. The summed E-state index contributed by atoms with van der Waals surface area (Å²) in [4.78, 5) is 17.9. The molecule has 2 aromatic rings. The summed E-state index contributed by atoms with van der Waals surface area (Å²) in [7, 11) is -3.80. The third-order valence-electron chi connectivity index (χ3n) is 6.02. The van der Waals surface area contributed by atoms with Gasteiger partial charge in [0.05, 0.1) is 22.1 Å². The van der Waals surface area contributed by atoms with Crippen molar-refractivity contribution in [2.24, 2.45) is 5.92 Å². The van der Waals surface area contributed by atoms with Gasteiger partial charge in [-0.25, -0.2) is 13.4 Å². The van der Waals surface area contributed by atoms with Crippen molar-refractivity contribution in [3.63, 3.8) is 0 Å². The first-order valence-corrected chi connectivity index (χ1v) is 11.8. The summed E-state index contributed by atoms with van der Waals surface area (Å²) in [5, 5.41) is 0. The Labute approximate surface area is 189 Å². The minimum Gasteiger partial charge on any atom is -0.480 e. The van der Waals surface area contributed by atoms with E-state index in [1.165, 1.54) is 4.90 Å². The van der Waals surface area contributed by atoms with Gasteiger partial charge in [-0.1, -0.05) is 0 Å². The number of rotatable bonds is 5. The number of piperidine rings is 1. The van der Waals surface area contributed by atoms with Gasteiger partial charge in [0.1, 0.15) is 5.75 Å². The van der Waals surface area contributed by atoms with Crippen molar-refractivity contribution in [1.82, 2.24) is 9.88 Å². The molecule has 1 amide bonds. The number of carbonyl (C=O) groups is 1. The minimum absolute atomic E-state index is 0.0833. The first-order chi connectivity index (χ1) is 15.5. The standard InChI is InChI=1S/C20H18F6N2O5S/c1-10(19(21,22)23)32-14-4-3-12(34(2,30)31)5-13(14)16(29)28-8-11-6-18(11,9-28)17-27-7-15(33-17)20(24,25)26/h3-5,7,10-11H,6,8-9H2,1-2H3/t10-,11?,18+/m1/s1. The molecule has 2 fully saturated rings. The van der Waals surface area contributed by atoms with E-state index in [9.17, 15) is 39.6 Å². The van der Waals surface area contributed by atoms with E-state index in [1.807, 2.05) is 0 Å². The fourth-order valence-electron chi connectivity index (χ4n) is 4.04. The Bertz CT molecular complexity index is 1240. The van der Waals surface area contributed by atoms with Gasteiger partial charge >= 0.3 is 12.4 Å². The predicted octanol–water partition coefficient (Wildman–Crippen LogP) is 3.84. The fourth-order valence-corrected chi connectivity index (χ4v) is 4.69. The number of alkyl halides is 6. The van der Waals surface area contributed by atoms with Gasteiger partial charge < -0.3 is 14.1 Å². The van der Waals surface area contributed by atoms with Crippen LogP contribution in [0, 0.1) is 5.92 Å². The third-order valence-corrected chi connectivity index (χ3v) is 7.13. The molecule has 34 heavy (non-hydrogen) atoms. The molecule has 0 spiro atoms. The quantitative estimate of drug-likeness (QED) is 0.566. The number of ether oxygens (including phenoxy) is 1. The summed E-state index contributed by atoms with van der Waals surface area (Å²) >= 11 is 0. The van der Waals surface area contributed by atoms with E-state index in [-0.39, 0.29) is 29.8 Å². The molecule has 1 aromatic carbocycles. The topological polar surface area (TPSA) is 89.7 Å². The molecule has 1 unspecified atom stereocenters. The van der Waals surface area contributed by atoms with Crippen molar-refractivity contribution in [1.29, 1.82) is 0 Å². The molecule has 1 aliphatic heterocycles. The first kappa shape index (κ1) is 24.4. The molecule has 1 saturated carbocycles. The number of hydrogen-bond donors (Lipinski definition) is 0. The van der Waals surface area contributed by atoms with Gasteiger partial charge in [-0.2, -0.15) is 26.3 Å². The van der Waals surface area contributed by atoms with E-state index >= 15 is 0 Å². The van der Waals surface area contributed by atoms with Gasteiger partial charge in [-0.3, -0.25) is 4.79 Å². The number of fused-ring (bicyclic) bond motifs is 1. The summed E-state index contributed by atoms with van der Waals surface area (Å²) in [5.41, 5.74) is -1.34. The zero-order chi connectivity index (χ0) is 25.3. The molecule has 0 radical (unpaired) electrons. The maximum Gasteiger partial charge on any atom is 0.451 e. The molecular formula is C20H18F6N2O5S. The number of hydrogen-bond acceptors (Lipinski definition) is 6. The average molecular weight is 512 g/mol. The van der Waals surface area contributed by atoms with Crippen LogP contribution in [0.4, 0.5) is 26.3 Å². The van der Waals surface area contributed by atoms with Crippen LogP contribution in [0.1, 0.15) is 35.4 Å². The summed E-state index contributed by atoms with van der Waals surface area (Å²) < 4.78 is 111. The second kappa shape index (κ2) is 7.62. The Hall–Kier alpha value is -2.77. The van der Waals surface area contributed by atoms with Crippen molar-refractivity contribution in [3.05, 3.63) is 41.6 Å². The smallest absolute Gasteiger partial charge is 0.451 e. The van der Waals surface area contributed by atoms with Gasteiger partial charge in [0, 0.05) is 19.3 Å². The maximum atomic E-state index is 13.2. The van der Waals surface area contributed by atoms with Gasteiger partial charge in [0.25, 0.3) is 5.91 Å². The molecule has 1 aliphatic carbocycles. The largest absolute Gasteiger partial charge is 0.480 e. The van der Waals surface area contributed by atoms with Crippen LogP contribution in [0.5, 0.6) is 5.75 Å². The Kier molecular flexibility index (Phi) is 5.46. The minimum atomic E-state index is -4.74. The van der Waals surface area contributed by atoms with Gasteiger partial charge in [-0.15, -0.1) is 0 Å². The molecule has 0 bridgehead atoms. The Morgan fingerprint density at radius 3 is 2.50 bits per heavy atom. The first-order valence-electron chi connectivity index (χ1n) is 9.92. The molecule has 1 aromatic heterocycles. The van der Waals surface area contributed by atoms with Crippen molar-refractivity contribution in [2.75, 3.05) is 19.3 Å². The van der Waals surface area contributed by atoms with Gasteiger partial charge in [0.2, 0.25) is 11.7 Å². The van der Waals surface area contributed by atoms with Crippen molar-refractivity contribution >= 4 is 15.7 Å². The third kappa shape index (κ3) is 4.34. The summed E-state index contributed by atoms with van der Waals surface area (Å²) in [6.45, 7) is 0.727. The number of aromatic nitrogens is 1. The molecule has 2 aliphatic rings. The number of benzene rings is 1. The molecule has 3 atom stereocenters. The molecule has 14 heteroatoms. The number of halogens is 6. The molecular weight excluding hydrogens is 494 g/mol. The highest BCUT2D eigenvalue weighted by atomic mass is 32.2. The maximum absolute atomic E-state index is 13.2. The van der Waals surface area contributed by atoms with Gasteiger partial charge in [-0.05, 0) is 37.5 Å². The molecule has 1 saturated heterocycles. The molecule has 0 N–H and O–H groups in total. The van der Waals surface area contributed by atoms with E-state index in [1.54, 1.807) is 0 Å². The zero-order valence-electron chi connectivity index (χ0n) is 17.7. The highest BCUT2D eigenvalue weighted by Gasteiger charge is 2.65. The fraction of sp³-hybridized carbons (Fsp3) is 0.500. The van der Waals surface area contributed by atoms with Crippen molar-refractivity contribution in [3.8, 4) is 5.75 Å².